The van der Waals surface area contributed by atoms with E-state index in [4.69, 9.17) is 0 Å². The summed E-state index contributed by atoms with van der Waals surface area (Å²) in [5, 5.41) is 15.8. The van der Waals surface area contributed by atoms with E-state index in [-0.39, 0.29) is 5.82 Å². The number of anilines is 1. The maximum atomic E-state index is 13.1. The largest absolute Gasteiger partial charge is 0.367 e. The second-order valence-electron chi connectivity index (χ2n) is 4.64. The molecule has 0 amide bonds. The standard InChI is InChI=1S/C13H16FN3/c1-10-8-13(9-15,5-6-16-10)17-12-4-2-3-11(14)7-12/h2-4,7,10,16-17H,5-6,8H2,1H3/t10-,13-/m0/s1. The summed E-state index contributed by atoms with van der Waals surface area (Å²) in [5.41, 5.74) is 0.0824. The summed E-state index contributed by atoms with van der Waals surface area (Å²) in [7, 11) is 0. The average molecular weight is 233 g/mol. The van der Waals surface area contributed by atoms with E-state index in [0.29, 0.717) is 11.7 Å². The van der Waals surface area contributed by atoms with Crippen LogP contribution in [0.25, 0.3) is 0 Å². The Balaban J connectivity index is 2.17. The Morgan fingerprint density at radius 2 is 2.41 bits per heavy atom. The summed E-state index contributed by atoms with van der Waals surface area (Å²) >= 11 is 0. The van der Waals surface area contributed by atoms with Crippen molar-refractivity contribution < 1.29 is 4.39 Å². The van der Waals surface area contributed by atoms with Crippen LogP contribution in [0.1, 0.15) is 19.8 Å². The van der Waals surface area contributed by atoms with Crippen molar-refractivity contribution in [2.75, 3.05) is 11.9 Å². The van der Waals surface area contributed by atoms with Crippen molar-refractivity contribution in [2.24, 2.45) is 0 Å². The summed E-state index contributed by atoms with van der Waals surface area (Å²) in [6.07, 6.45) is 1.45. The van der Waals surface area contributed by atoms with Crippen molar-refractivity contribution in [3.05, 3.63) is 30.1 Å². The van der Waals surface area contributed by atoms with Gasteiger partial charge >= 0.3 is 0 Å². The zero-order chi connectivity index (χ0) is 12.3. The number of rotatable bonds is 2. The number of halogens is 1. The van der Waals surface area contributed by atoms with Crippen LogP contribution in [0.4, 0.5) is 10.1 Å². The molecule has 1 aliphatic heterocycles. The van der Waals surface area contributed by atoms with Gasteiger partial charge in [0.05, 0.1) is 6.07 Å². The minimum Gasteiger partial charge on any atom is -0.367 e. The molecule has 90 valence electrons. The molecule has 2 rings (SSSR count). The molecule has 0 bridgehead atoms. The van der Waals surface area contributed by atoms with Gasteiger partial charge in [0.1, 0.15) is 11.4 Å². The summed E-state index contributed by atoms with van der Waals surface area (Å²) in [6.45, 7) is 2.86. The highest BCUT2D eigenvalue weighted by molar-refractivity contribution is 5.48. The van der Waals surface area contributed by atoms with E-state index in [0.717, 1.165) is 19.4 Å². The summed E-state index contributed by atoms with van der Waals surface area (Å²) in [5.74, 6) is -0.287. The highest BCUT2D eigenvalue weighted by atomic mass is 19.1. The molecule has 1 heterocycles. The number of benzene rings is 1. The van der Waals surface area contributed by atoms with Gasteiger partial charge in [-0.15, -0.1) is 0 Å². The molecule has 2 atom stereocenters. The molecule has 0 unspecified atom stereocenters. The molecule has 0 spiro atoms. The van der Waals surface area contributed by atoms with Gasteiger partial charge in [0.15, 0.2) is 0 Å². The highest BCUT2D eigenvalue weighted by Crippen LogP contribution is 2.26. The molecule has 0 radical (unpaired) electrons. The van der Waals surface area contributed by atoms with Gasteiger partial charge in [0.2, 0.25) is 0 Å². The lowest BCUT2D eigenvalue weighted by Gasteiger charge is -2.36. The van der Waals surface area contributed by atoms with Crippen LogP contribution >= 0.6 is 0 Å². The summed E-state index contributed by atoms with van der Waals surface area (Å²) < 4.78 is 13.1. The highest BCUT2D eigenvalue weighted by Gasteiger charge is 2.34. The predicted molar refractivity (Wildman–Crippen MR) is 65.1 cm³/mol. The van der Waals surface area contributed by atoms with Gasteiger partial charge in [-0.2, -0.15) is 5.26 Å². The molecule has 4 heteroatoms. The van der Waals surface area contributed by atoms with Crippen LogP contribution in [-0.4, -0.2) is 18.1 Å². The zero-order valence-corrected chi connectivity index (χ0v) is 9.83. The van der Waals surface area contributed by atoms with Crippen molar-refractivity contribution in [2.45, 2.75) is 31.3 Å². The molecule has 1 fully saturated rings. The Bertz CT molecular complexity index is 441. The molecule has 0 saturated carbocycles. The fourth-order valence-electron chi connectivity index (χ4n) is 2.31. The molecule has 2 N–H and O–H groups in total. The monoisotopic (exact) mass is 233 g/mol. The van der Waals surface area contributed by atoms with Crippen LogP contribution in [-0.2, 0) is 0 Å². The molecular weight excluding hydrogens is 217 g/mol. The van der Waals surface area contributed by atoms with Crippen molar-refractivity contribution in [3.63, 3.8) is 0 Å². The van der Waals surface area contributed by atoms with Gasteiger partial charge in [-0.05, 0) is 44.5 Å². The van der Waals surface area contributed by atoms with Crippen LogP contribution in [0, 0.1) is 17.1 Å². The number of piperidine rings is 1. The van der Waals surface area contributed by atoms with Crippen LogP contribution in [0.2, 0.25) is 0 Å². The average Bonchev–Trinajstić information content (AvgIpc) is 2.29. The van der Waals surface area contributed by atoms with Crippen molar-refractivity contribution in [1.29, 1.82) is 5.26 Å². The quantitative estimate of drug-likeness (QED) is 0.823. The second-order valence-corrected chi connectivity index (χ2v) is 4.64. The first-order chi connectivity index (χ1) is 8.13. The molecule has 17 heavy (non-hydrogen) atoms. The Morgan fingerprint density at radius 3 is 3.06 bits per heavy atom. The molecule has 1 aliphatic rings. The van der Waals surface area contributed by atoms with Crippen LogP contribution in [0.15, 0.2) is 24.3 Å². The van der Waals surface area contributed by atoms with Crippen molar-refractivity contribution >= 4 is 5.69 Å². The van der Waals surface area contributed by atoms with E-state index in [2.05, 4.69) is 23.6 Å². The maximum Gasteiger partial charge on any atom is 0.128 e. The van der Waals surface area contributed by atoms with Gasteiger partial charge in [0, 0.05) is 11.7 Å². The van der Waals surface area contributed by atoms with E-state index < -0.39 is 5.54 Å². The van der Waals surface area contributed by atoms with Crippen LogP contribution < -0.4 is 10.6 Å². The Kier molecular flexibility index (Phi) is 3.30. The van der Waals surface area contributed by atoms with Crippen molar-refractivity contribution in [3.8, 4) is 6.07 Å². The van der Waals surface area contributed by atoms with Gasteiger partial charge in [-0.25, -0.2) is 4.39 Å². The third kappa shape index (κ3) is 2.75. The van der Waals surface area contributed by atoms with E-state index in [1.165, 1.54) is 12.1 Å². The fourth-order valence-corrected chi connectivity index (χ4v) is 2.31. The lowest BCUT2D eigenvalue weighted by atomic mass is 9.86. The predicted octanol–water partition coefficient (Wildman–Crippen LogP) is 2.27. The minimum atomic E-state index is -0.585. The van der Waals surface area contributed by atoms with Crippen LogP contribution in [0.3, 0.4) is 0 Å². The third-order valence-corrected chi connectivity index (χ3v) is 3.12. The molecular formula is C13H16FN3. The number of nitriles is 1. The number of hydrogen-bond donors (Lipinski definition) is 2. The van der Waals surface area contributed by atoms with Gasteiger partial charge in [-0.3, -0.25) is 0 Å². The Labute approximate surface area is 101 Å². The second kappa shape index (κ2) is 4.72. The lowest BCUT2D eigenvalue weighted by Crippen LogP contribution is -2.50. The molecule has 1 aromatic carbocycles. The van der Waals surface area contributed by atoms with E-state index in [1.54, 1.807) is 12.1 Å². The molecule has 3 nitrogen and oxygen atoms in total. The van der Waals surface area contributed by atoms with Gasteiger partial charge < -0.3 is 10.6 Å². The fraction of sp³-hybridized carbons (Fsp3) is 0.462. The molecule has 1 saturated heterocycles. The third-order valence-electron chi connectivity index (χ3n) is 3.12. The molecule has 1 aromatic rings. The molecule has 0 aromatic heterocycles. The lowest BCUT2D eigenvalue weighted by molar-refractivity contribution is 0.342. The van der Waals surface area contributed by atoms with E-state index in [1.807, 2.05) is 0 Å². The first kappa shape index (κ1) is 11.9. The maximum absolute atomic E-state index is 13.1. The normalized spacial score (nSPS) is 28.4. The Hall–Kier alpha value is -1.60. The van der Waals surface area contributed by atoms with Gasteiger partial charge in [-0.1, -0.05) is 6.07 Å². The Morgan fingerprint density at radius 1 is 1.59 bits per heavy atom. The molecule has 0 aliphatic carbocycles. The van der Waals surface area contributed by atoms with E-state index >= 15 is 0 Å². The zero-order valence-electron chi connectivity index (χ0n) is 9.83. The van der Waals surface area contributed by atoms with E-state index in [9.17, 15) is 9.65 Å². The number of nitrogens with zero attached hydrogens (tertiary/aromatic N) is 1. The van der Waals surface area contributed by atoms with Crippen molar-refractivity contribution in [1.82, 2.24) is 5.32 Å². The minimum absolute atomic E-state index is 0.287. The number of nitrogens with one attached hydrogen (secondary N) is 2. The van der Waals surface area contributed by atoms with Crippen LogP contribution in [0.5, 0.6) is 0 Å². The smallest absolute Gasteiger partial charge is 0.128 e. The first-order valence-corrected chi connectivity index (χ1v) is 5.82. The summed E-state index contributed by atoms with van der Waals surface area (Å²) in [6, 6.07) is 8.89. The summed E-state index contributed by atoms with van der Waals surface area (Å²) in [4.78, 5) is 0. The SMILES string of the molecule is C[C@H]1C[C@@](C#N)(Nc2cccc(F)c2)CCN1. The topological polar surface area (TPSA) is 47.9 Å². The number of hydrogen-bond acceptors (Lipinski definition) is 3. The first-order valence-electron chi connectivity index (χ1n) is 5.82. The van der Waals surface area contributed by atoms with Gasteiger partial charge in [0.25, 0.3) is 0 Å².